The molecule has 7 nitrogen and oxygen atoms in total. The topological polar surface area (TPSA) is 86.8 Å². The summed E-state index contributed by atoms with van der Waals surface area (Å²) in [5.74, 6) is -1.12. The lowest BCUT2D eigenvalue weighted by molar-refractivity contribution is -0.129. The molecule has 0 unspecified atom stereocenters. The first-order valence-corrected chi connectivity index (χ1v) is 9.56. The molecule has 1 aliphatic heterocycles. The van der Waals surface area contributed by atoms with E-state index in [0.717, 1.165) is 5.56 Å². The Labute approximate surface area is 169 Å². The Morgan fingerprint density at radius 2 is 1.45 bits per heavy atom. The number of nitrogens with zero attached hydrogens (tertiary/aromatic N) is 2. The van der Waals surface area contributed by atoms with Gasteiger partial charge in [-0.25, -0.2) is 0 Å². The molecule has 2 aromatic carbocycles. The van der Waals surface area contributed by atoms with E-state index in [1.54, 1.807) is 53.4 Å². The Hall–Kier alpha value is -3.48. The second-order valence-electron chi connectivity index (χ2n) is 6.69. The molecular weight excluding hydrogens is 370 g/mol. The van der Waals surface area contributed by atoms with E-state index in [4.69, 9.17) is 0 Å². The van der Waals surface area contributed by atoms with Gasteiger partial charge in [-0.1, -0.05) is 24.3 Å². The number of amides is 4. The van der Waals surface area contributed by atoms with Crippen LogP contribution in [-0.2, 0) is 11.3 Å². The quantitative estimate of drug-likeness (QED) is 0.730. The highest BCUT2D eigenvalue weighted by molar-refractivity contribution is 6.21. The lowest BCUT2D eigenvalue weighted by Crippen LogP contribution is -2.40. The Kier molecular flexibility index (Phi) is 6.07. The maximum absolute atomic E-state index is 12.4. The van der Waals surface area contributed by atoms with Gasteiger partial charge in [0.25, 0.3) is 17.7 Å². The number of carbonyl (C=O) groups is 4. The van der Waals surface area contributed by atoms with Crippen LogP contribution in [0.1, 0.15) is 50.5 Å². The van der Waals surface area contributed by atoms with Gasteiger partial charge in [0.2, 0.25) is 5.91 Å². The number of hydrogen-bond donors (Lipinski definition) is 1. The minimum Gasteiger partial charge on any atom is -0.343 e. The summed E-state index contributed by atoms with van der Waals surface area (Å²) in [5.41, 5.74) is 1.96. The number of benzene rings is 2. The molecule has 1 N–H and O–H groups in total. The lowest BCUT2D eigenvalue weighted by atomic mass is 10.1. The maximum Gasteiger partial charge on any atom is 0.261 e. The molecule has 0 aliphatic carbocycles. The SMILES string of the molecule is CCN(CC)C(=O)CNC(=O)c1ccc(CN2C(=O)c3ccccc3C2=O)cc1. The molecule has 4 amide bonds. The largest absolute Gasteiger partial charge is 0.343 e. The van der Waals surface area contributed by atoms with Crippen molar-refractivity contribution in [3.8, 4) is 0 Å². The number of fused-ring (bicyclic) bond motifs is 1. The fourth-order valence-corrected chi connectivity index (χ4v) is 3.27. The molecule has 2 aromatic rings. The third kappa shape index (κ3) is 4.18. The van der Waals surface area contributed by atoms with Crippen molar-refractivity contribution in [1.82, 2.24) is 15.1 Å². The van der Waals surface area contributed by atoms with Crippen molar-refractivity contribution in [2.45, 2.75) is 20.4 Å². The maximum atomic E-state index is 12.4. The van der Waals surface area contributed by atoms with E-state index in [1.165, 1.54) is 4.90 Å². The van der Waals surface area contributed by atoms with Crippen LogP contribution in [0.5, 0.6) is 0 Å². The van der Waals surface area contributed by atoms with Gasteiger partial charge >= 0.3 is 0 Å². The molecule has 0 radical (unpaired) electrons. The Balaban J connectivity index is 1.61. The molecule has 0 fully saturated rings. The second-order valence-corrected chi connectivity index (χ2v) is 6.69. The number of hydrogen-bond acceptors (Lipinski definition) is 4. The summed E-state index contributed by atoms with van der Waals surface area (Å²) >= 11 is 0. The summed E-state index contributed by atoms with van der Waals surface area (Å²) in [4.78, 5) is 52.0. The smallest absolute Gasteiger partial charge is 0.261 e. The highest BCUT2D eigenvalue weighted by Crippen LogP contribution is 2.24. The van der Waals surface area contributed by atoms with Crippen molar-refractivity contribution in [2.24, 2.45) is 0 Å². The number of carbonyl (C=O) groups excluding carboxylic acids is 4. The highest BCUT2D eigenvalue weighted by atomic mass is 16.2. The first-order chi connectivity index (χ1) is 14.0. The van der Waals surface area contributed by atoms with E-state index in [-0.39, 0.29) is 36.7 Å². The van der Waals surface area contributed by atoms with Crippen LogP contribution in [0.15, 0.2) is 48.5 Å². The Bertz CT molecular complexity index is 914. The third-order valence-electron chi connectivity index (χ3n) is 4.95. The van der Waals surface area contributed by atoms with Crippen molar-refractivity contribution >= 4 is 23.6 Å². The van der Waals surface area contributed by atoms with Gasteiger partial charge in [-0.15, -0.1) is 0 Å². The fourth-order valence-electron chi connectivity index (χ4n) is 3.27. The number of rotatable bonds is 7. The van der Waals surface area contributed by atoms with E-state index in [0.29, 0.717) is 29.8 Å². The summed E-state index contributed by atoms with van der Waals surface area (Å²) in [5, 5.41) is 2.62. The van der Waals surface area contributed by atoms with E-state index < -0.39 is 0 Å². The predicted octanol–water partition coefficient (Wildman–Crippen LogP) is 2.08. The van der Waals surface area contributed by atoms with Crippen molar-refractivity contribution in [1.29, 1.82) is 0 Å². The number of likely N-dealkylation sites (N-methyl/N-ethyl adjacent to an activating group) is 1. The monoisotopic (exact) mass is 393 g/mol. The van der Waals surface area contributed by atoms with Crippen LogP contribution in [0.4, 0.5) is 0 Å². The zero-order valence-electron chi connectivity index (χ0n) is 16.5. The first-order valence-electron chi connectivity index (χ1n) is 9.56. The molecule has 3 rings (SSSR count). The van der Waals surface area contributed by atoms with Gasteiger partial charge < -0.3 is 10.2 Å². The molecule has 0 aromatic heterocycles. The van der Waals surface area contributed by atoms with Gasteiger partial charge in [-0.05, 0) is 43.7 Å². The van der Waals surface area contributed by atoms with Gasteiger partial charge in [-0.3, -0.25) is 24.1 Å². The molecule has 1 aliphatic rings. The van der Waals surface area contributed by atoms with Gasteiger partial charge in [0.1, 0.15) is 0 Å². The molecule has 150 valence electrons. The zero-order valence-corrected chi connectivity index (χ0v) is 16.5. The van der Waals surface area contributed by atoms with Crippen LogP contribution >= 0.6 is 0 Å². The fraction of sp³-hybridized carbons (Fsp3) is 0.273. The van der Waals surface area contributed by atoms with Gasteiger partial charge in [0.15, 0.2) is 0 Å². The average Bonchev–Trinajstić information content (AvgIpc) is 2.98. The van der Waals surface area contributed by atoms with Crippen LogP contribution < -0.4 is 5.32 Å². The van der Waals surface area contributed by atoms with E-state index in [1.807, 2.05) is 13.8 Å². The van der Waals surface area contributed by atoms with Crippen molar-refractivity contribution in [2.75, 3.05) is 19.6 Å². The molecule has 7 heteroatoms. The third-order valence-corrected chi connectivity index (χ3v) is 4.95. The minimum absolute atomic E-state index is 0.0582. The summed E-state index contributed by atoms with van der Waals surface area (Å²) in [6.45, 7) is 5.04. The van der Waals surface area contributed by atoms with Crippen molar-refractivity contribution in [3.05, 3.63) is 70.8 Å². The zero-order chi connectivity index (χ0) is 21.0. The summed E-state index contributed by atoms with van der Waals surface area (Å²) in [6.07, 6.45) is 0. The van der Waals surface area contributed by atoms with Crippen LogP contribution in [0.3, 0.4) is 0 Å². The average molecular weight is 393 g/mol. The molecular formula is C22H23N3O4. The molecule has 0 saturated carbocycles. The number of imide groups is 1. The van der Waals surface area contributed by atoms with Gasteiger partial charge in [-0.2, -0.15) is 0 Å². The summed E-state index contributed by atoms with van der Waals surface area (Å²) in [6, 6.07) is 13.4. The predicted molar refractivity (Wildman–Crippen MR) is 107 cm³/mol. The van der Waals surface area contributed by atoms with Crippen LogP contribution in [-0.4, -0.2) is 53.1 Å². The molecule has 0 spiro atoms. The molecule has 0 bridgehead atoms. The Morgan fingerprint density at radius 3 is 1.97 bits per heavy atom. The van der Waals surface area contributed by atoms with Crippen molar-refractivity contribution < 1.29 is 19.2 Å². The van der Waals surface area contributed by atoms with E-state index in [2.05, 4.69) is 5.32 Å². The van der Waals surface area contributed by atoms with Crippen molar-refractivity contribution in [3.63, 3.8) is 0 Å². The first kappa shape index (κ1) is 20.3. The molecule has 0 atom stereocenters. The highest BCUT2D eigenvalue weighted by Gasteiger charge is 2.34. The standard InChI is InChI=1S/C22H23N3O4/c1-3-24(4-2)19(26)13-23-20(27)16-11-9-15(10-12-16)14-25-21(28)17-7-5-6-8-18(17)22(25)29/h5-12H,3-4,13-14H2,1-2H3,(H,23,27). The molecule has 0 saturated heterocycles. The van der Waals surface area contributed by atoms with Gasteiger partial charge in [0.05, 0.1) is 24.2 Å². The Morgan fingerprint density at radius 1 is 0.897 bits per heavy atom. The van der Waals surface area contributed by atoms with E-state index >= 15 is 0 Å². The summed E-state index contributed by atoms with van der Waals surface area (Å²) in [7, 11) is 0. The van der Waals surface area contributed by atoms with E-state index in [9.17, 15) is 19.2 Å². The second kappa shape index (κ2) is 8.68. The number of nitrogens with one attached hydrogen (secondary N) is 1. The lowest BCUT2D eigenvalue weighted by Gasteiger charge is -2.18. The van der Waals surface area contributed by atoms with Crippen LogP contribution in [0.25, 0.3) is 0 Å². The normalized spacial score (nSPS) is 12.7. The van der Waals surface area contributed by atoms with Gasteiger partial charge in [0, 0.05) is 18.7 Å². The minimum atomic E-state index is -0.349. The molecule has 1 heterocycles. The van der Waals surface area contributed by atoms with Crippen LogP contribution in [0, 0.1) is 0 Å². The summed E-state index contributed by atoms with van der Waals surface area (Å²) < 4.78 is 0. The molecule has 29 heavy (non-hydrogen) atoms. The van der Waals surface area contributed by atoms with Crippen LogP contribution in [0.2, 0.25) is 0 Å².